The number of ether oxygens (including phenoxy) is 4. The Morgan fingerprint density at radius 1 is 0.783 bits per heavy atom. The molecule has 2 heterocycles. The maximum Gasteiger partial charge on any atom is 0.156 e. The first-order valence-electron chi connectivity index (χ1n) is 7.87. The monoisotopic (exact) mass is 338 g/mol. The maximum atomic E-state index is 5.83. The minimum absolute atomic E-state index is 0.243. The van der Waals surface area contributed by atoms with Gasteiger partial charge in [-0.2, -0.15) is 0 Å². The molecule has 0 aliphatic carbocycles. The van der Waals surface area contributed by atoms with Crippen LogP contribution in [-0.2, 0) is 23.9 Å². The SMILES string of the molecule is N[N+](N)(CCCOCC1CO1)O[N+](N)(N)CCCOCC1CO1. The molecule has 2 fully saturated rings. The van der Waals surface area contributed by atoms with E-state index in [-0.39, 0.29) is 12.2 Å². The van der Waals surface area contributed by atoms with Gasteiger partial charge in [0.1, 0.15) is 12.2 Å². The molecule has 0 amide bonds. The van der Waals surface area contributed by atoms with Crippen LogP contribution in [-0.4, -0.2) is 74.7 Å². The van der Waals surface area contributed by atoms with E-state index in [1.165, 1.54) is 0 Å². The number of hydrogen-bond donors (Lipinski definition) is 4. The van der Waals surface area contributed by atoms with Gasteiger partial charge >= 0.3 is 0 Å². The summed E-state index contributed by atoms with van der Waals surface area (Å²) in [7, 11) is 0. The van der Waals surface area contributed by atoms with Crippen LogP contribution in [0.25, 0.3) is 0 Å². The summed E-state index contributed by atoms with van der Waals surface area (Å²) in [4.78, 5) is 3.87. The molecule has 8 N–H and O–H groups in total. The molecule has 2 aliphatic heterocycles. The Bertz CT molecular complexity index is 319. The first kappa shape index (κ1) is 18.9. The number of nitrogens with two attached hydrogens (primary N) is 4. The quantitative estimate of drug-likeness (QED) is 0.0888. The molecule has 23 heavy (non-hydrogen) atoms. The predicted molar refractivity (Wildman–Crippen MR) is 78.4 cm³/mol. The predicted octanol–water partition coefficient (Wildman–Crippen LogP) is -2.43. The van der Waals surface area contributed by atoms with Crippen LogP contribution in [0.4, 0.5) is 0 Å². The highest BCUT2D eigenvalue weighted by Crippen LogP contribution is 2.10. The van der Waals surface area contributed by atoms with Crippen molar-refractivity contribution in [3.05, 3.63) is 0 Å². The molecule has 136 valence electrons. The third kappa shape index (κ3) is 9.44. The highest BCUT2D eigenvalue weighted by Gasteiger charge is 2.35. The molecular weight excluding hydrogens is 308 g/mol. The minimum Gasteiger partial charge on any atom is -0.378 e. The second-order valence-electron chi connectivity index (χ2n) is 6.00. The third-order valence-corrected chi connectivity index (χ3v) is 3.31. The van der Waals surface area contributed by atoms with Crippen molar-refractivity contribution in [2.24, 2.45) is 23.4 Å². The molecule has 0 aromatic rings. The van der Waals surface area contributed by atoms with Crippen LogP contribution >= 0.6 is 0 Å². The molecule has 0 aromatic carbocycles. The van der Waals surface area contributed by atoms with Crippen LogP contribution in [0.5, 0.6) is 0 Å². The van der Waals surface area contributed by atoms with Crippen molar-refractivity contribution in [3.8, 4) is 0 Å². The summed E-state index contributed by atoms with van der Waals surface area (Å²) in [5, 5.41) is 0. The van der Waals surface area contributed by atoms with E-state index in [4.69, 9.17) is 47.3 Å². The van der Waals surface area contributed by atoms with E-state index in [2.05, 4.69) is 0 Å². The zero-order chi connectivity index (χ0) is 16.8. The Morgan fingerprint density at radius 2 is 1.17 bits per heavy atom. The Hall–Kier alpha value is -0.440. The zero-order valence-corrected chi connectivity index (χ0v) is 13.5. The van der Waals surface area contributed by atoms with Gasteiger partial charge < -0.3 is 18.9 Å². The third-order valence-electron chi connectivity index (χ3n) is 3.31. The van der Waals surface area contributed by atoms with E-state index in [9.17, 15) is 0 Å². The minimum atomic E-state index is -0.729. The number of hydroxylamine groups is 2. The summed E-state index contributed by atoms with van der Waals surface area (Å²) in [6.45, 7) is 4.40. The second-order valence-corrected chi connectivity index (χ2v) is 6.00. The fourth-order valence-corrected chi connectivity index (χ4v) is 1.95. The molecule has 11 heteroatoms. The van der Waals surface area contributed by atoms with Gasteiger partial charge in [-0.15, -0.1) is 23.4 Å². The van der Waals surface area contributed by atoms with E-state index in [0.717, 1.165) is 13.2 Å². The molecule has 2 aliphatic rings. The van der Waals surface area contributed by atoms with Crippen LogP contribution < -0.4 is 23.4 Å². The number of rotatable bonds is 14. The smallest absolute Gasteiger partial charge is 0.156 e. The van der Waals surface area contributed by atoms with Crippen molar-refractivity contribution >= 4 is 0 Å². The Kier molecular flexibility index (Phi) is 7.06. The number of quaternary nitrogens is 2. The summed E-state index contributed by atoms with van der Waals surface area (Å²) in [6, 6.07) is 0. The van der Waals surface area contributed by atoms with Gasteiger partial charge in [-0.1, -0.05) is 0 Å². The summed E-state index contributed by atoms with van der Waals surface area (Å²) < 4.78 is 20.9. The molecule has 0 radical (unpaired) electrons. The zero-order valence-electron chi connectivity index (χ0n) is 13.5. The lowest BCUT2D eigenvalue weighted by molar-refractivity contribution is -1.37. The molecule has 11 nitrogen and oxygen atoms in total. The molecule has 0 spiro atoms. The van der Waals surface area contributed by atoms with Gasteiger partial charge in [-0.05, 0) is 0 Å². The lowest BCUT2D eigenvalue weighted by atomic mass is 10.4. The van der Waals surface area contributed by atoms with Gasteiger partial charge in [-0.3, -0.25) is 0 Å². The number of hydrogen-bond acceptors (Lipinski definition) is 9. The van der Waals surface area contributed by atoms with Crippen molar-refractivity contribution in [3.63, 3.8) is 0 Å². The van der Waals surface area contributed by atoms with Crippen molar-refractivity contribution < 1.29 is 33.6 Å². The van der Waals surface area contributed by atoms with Crippen LogP contribution in [0.1, 0.15) is 12.8 Å². The molecule has 2 atom stereocenters. The highest BCUT2D eigenvalue weighted by atomic mass is 17.0. The van der Waals surface area contributed by atoms with Crippen LogP contribution in [0.2, 0.25) is 0 Å². The second kappa shape index (κ2) is 8.60. The lowest BCUT2D eigenvalue weighted by Gasteiger charge is -2.29. The maximum absolute atomic E-state index is 5.83. The lowest BCUT2D eigenvalue weighted by Crippen LogP contribution is -2.73. The molecular formula is C12H30N6O5+2. The highest BCUT2D eigenvalue weighted by molar-refractivity contribution is 4.67. The Balaban J connectivity index is 1.50. The van der Waals surface area contributed by atoms with E-state index in [1.54, 1.807) is 0 Å². The fraction of sp³-hybridized carbons (Fsp3) is 1.00. The molecule has 0 bridgehead atoms. The van der Waals surface area contributed by atoms with Crippen LogP contribution in [0.3, 0.4) is 0 Å². The van der Waals surface area contributed by atoms with Crippen molar-refractivity contribution in [2.45, 2.75) is 25.0 Å². The summed E-state index contributed by atoms with van der Waals surface area (Å²) in [6.07, 6.45) is 1.72. The number of nitrogens with zero attached hydrogens (tertiary/aromatic N) is 2. The average molecular weight is 338 g/mol. The van der Waals surface area contributed by atoms with Crippen molar-refractivity contribution in [1.82, 2.24) is 0 Å². The average Bonchev–Trinajstić information content (AvgIpc) is 3.31. The van der Waals surface area contributed by atoms with Gasteiger partial charge in [0.05, 0.1) is 44.6 Å². The normalized spacial score (nSPS) is 24.0. The Morgan fingerprint density at radius 3 is 1.52 bits per heavy atom. The van der Waals surface area contributed by atoms with Crippen molar-refractivity contribution in [2.75, 3.05) is 52.7 Å². The van der Waals surface area contributed by atoms with Gasteiger partial charge in [0.25, 0.3) is 0 Å². The van der Waals surface area contributed by atoms with Gasteiger partial charge in [-0.25, -0.2) is 0 Å². The first-order valence-corrected chi connectivity index (χ1v) is 7.87. The summed E-state index contributed by atoms with van der Waals surface area (Å²) in [5.74, 6) is 23.3. The molecule has 0 saturated carbocycles. The van der Waals surface area contributed by atoms with E-state index >= 15 is 0 Å². The van der Waals surface area contributed by atoms with Crippen molar-refractivity contribution in [1.29, 1.82) is 0 Å². The van der Waals surface area contributed by atoms with E-state index < -0.39 is 9.73 Å². The summed E-state index contributed by atoms with van der Waals surface area (Å²) >= 11 is 0. The molecule has 2 saturated heterocycles. The molecule has 2 rings (SSSR count). The van der Waals surface area contributed by atoms with Gasteiger partial charge in [0.15, 0.2) is 13.1 Å². The largest absolute Gasteiger partial charge is 0.378 e. The standard InChI is InChI=1S/C12H30N6O5/c13-17(14,3-1-5-19-7-11-9-21-11)23-18(15,16)4-2-6-20-8-12-10-22-12/h11-12H,1-10,13-16H2/q+2. The fourth-order valence-electron chi connectivity index (χ4n) is 1.95. The Labute approximate surface area is 135 Å². The molecule has 0 aromatic heterocycles. The first-order chi connectivity index (χ1) is 10.9. The molecule has 2 unspecified atom stereocenters. The van der Waals surface area contributed by atoms with Gasteiger partial charge in [0.2, 0.25) is 0 Å². The van der Waals surface area contributed by atoms with E-state index in [1.807, 2.05) is 0 Å². The van der Waals surface area contributed by atoms with E-state index in [0.29, 0.717) is 52.4 Å². The van der Waals surface area contributed by atoms with Crippen LogP contribution in [0, 0.1) is 0 Å². The van der Waals surface area contributed by atoms with Gasteiger partial charge in [0, 0.05) is 22.6 Å². The topological polar surface area (TPSA) is 157 Å². The summed E-state index contributed by atoms with van der Waals surface area (Å²) in [5.41, 5.74) is 0. The van der Waals surface area contributed by atoms with Crippen LogP contribution in [0.15, 0.2) is 0 Å². The number of epoxide rings is 2.